The van der Waals surface area contributed by atoms with E-state index in [1.54, 1.807) is 7.05 Å². The molecule has 0 fully saturated rings. The van der Waals surface area contributed by atoms with Crippen molar-refractivity contribution < 1.29 is 4.84 Å². The Kier molecular flexibility index (Phi) is 3.92. The van der Waals surface area contributed by atoms with Crippen LogP contribution in [0.2, 0.25) is 0 Å². The van der Waals surface area contributed by atoms with Crippen molar-refractivity contribution in [3.05, 3.63) is 5.21 Å². The fourth-order valence-electron chi connectivity index (χ4n) is 0.155. The van der Waals surface area contributed by atoms with Gasteiger partial charge in [0.05, 0.1) is 0 Å². The highest BCUT2D eigenvalue weighted by atomic mass is 16.9. The topological polar surface area (TPSA) is 47.6 Å². The molecule has 0 atom stereocenters. The lowest BCUT2D eigenvalue weighted by Gasteiger charge is -2.20. The monoisotopic (exact) mass is 105 g/mol. The molecule has 0 heterocycles. The van der Waals surface area contributed by atoms with Crippen LogP contribution in [-0.2, 0) is 4.84 Å². The first kappa shape index (κ1) is 6.84. The van der Waals surface area contributed by atoms with Gasteiger partial charge in [0.15, 0.2) is 0 Å². The normalized spacial score (nSPS) is 10.3. The molecule has 0 bridgehead atoms. The molecular formula is C3H9N2O2-. The zero-order chi connectivity index (χ0) is 5.70. The molecule has 0 unspecified atom stereocenters. The van der Waals surface area contributed by atoms with E-state index in [9.17, 15) is 5.21 Å². The molecule has 0 saturated heterocycles. The van der Waals surface area contributed by atoms with Gasteiger partial charge in [0.1, 0.15) is 6.73 Å². The van der Waals surface area contributed by atoms with Crippen LogP contribution in [0.25, 0.3) is 0 Å². The zero-order valence-corrected chi connectivity index (χ0v) is 4.47. The van der Waals surface area contributed by atoms with Crippen LogP contribution < -0.4 is 5.32 Å². The largest absolute Gasteiger partial charge is 0.762 e. The summed E-state index contributed by atoms with van der Waals surface area (Å²) in [4.78, 5) is 4.36. The Balaban J connectivity index is 2.68. The predicted molar refractivity (Wildman–Crippen MR) is 26.1 cm³/mol. The molecule has 0 aliphatic rings. The van der Waals surface area contributed by atoms with Gasteiger partial charge in [-0.05, 0) is 14.1 Å². The number of hydrogen-bond acceptors (Lipinski definition) is 4. The van der Waals surface area contributed by atoms with Crippen molar-refractivity contribution in [3.8, 4) is 0 Å². The van der Waals surface area contributed by atoms with E-state index in [0.29, 0.717) is 5.23 Å². The van der Waals surface area contributed by atoms with E-state index in [2.05, 4.69) is 10.2 Å². The Labute approximate surface area is 42.6 Å². The van der Waals surface area contributed by atoms with Crippen LogP contribution in [0.4, 0.5) is 0 Å². The molecule has 0 amide bonds. The second-order valence-corrected chi connectivity index (χ2v) is 1.07. The molecule has 44 valence electrons. The van der Waals surface area contributed by atoms with Crippen molar-refractivity contribution in [1.29, 1.82) is 0 Å². The standard InChI is InChI=1S/C3H9N2O2/c1-4-3-7-5(2)6/h4H,3H2,1-2H3/q-1. The minimum atomic E-state index is 0.264. The Morgan fingerprint density at radius 1 is 1.86 bits per heavy atom. The van der Waals surface area contributed by atoms with E-state index in [1.807, 2.05) is 0 Å². The summed E-state index contributed by atoms with van der Waals surface area (Å²) in [7, 11) is 2.99. The molecule has 0 aromatic rings. The molecular weight excluding hydrogens is 96.0 g/mol. The molecule has 4 heteroatoms. The molecule has 0 saturated carbocycles. The summed E-state index contributed by atoms with van der Waals surface area (Å²) in [5, 5.41) is 12.9. The van der Waals surface area contributed by atoms with Crippen LogP contribution >= 0.6 is 0 Å². The number of hydroxylamine groups is 2. The van der Waals surface area contributed by atoms with Crippen LogP contribution in [0, 0.1) is 5.21 Å². The van der Waals surface area contributed by atoms with Gasteiger partial charge in [0.2, 0.25) is 0 Å². The number of rotatable bonds is 3. The lowest BCUT2D eigenvalue weighted by atomic mass is 11.2. The number of hydrogen-bond donors (Lipinski definition) is 1. The van der Waals surface area contributed by atoms with Gasteiger partial charge in [-0.3, -0.25) is 15.4 Å². The van der Waals surface area contributed by atoms with Gasteiger partial charge >= 0.3 is 0 Å². The lowest BCUT2D eigenvalue weighted by molar-refractivity contribution is -0.106. The average Bonchev–Trinajstić information content (AvgIpc) is 1.61. The van der Waals surface area contributed by atoms with Crippen LogP contribution in [0.3, 0.4) is 0 Å². The number of nitrogens with one attached hydrogen (secondary N) is 1. The maximum absolute atomic E-state index is 9.86. The highest BCUT2D eigenvalue weighted by molar-refractivity contribution is 4.23. The van der Waals surface area contributed by atoms with Gasteiger partial charge in [-0.15, -0.1) is 0 Å². The summed E-state index contributed by atoms with van der Waals surface area (Å²) >= 11 is 0. The summed E-state index contributed by atoms with van der Waals surface area (Å²) in [6.45, 7) is 0.264. The van der Waals surface area contributed by atoms with Gasteiger partial charge in [-0.2, -0.15) is 0 Å². The van der Waals surface area contributed by atoms with Crippen molar-refractivity contribution in [3.63, 3.8) is 0 Å². The van der Waals surface area contributed by atoms with Gasteiger partial charge < -0.3 is 5.21 Å². The number of nitrogens with zero attached hydrogens (tertiary/aromatic N) is 1. The third-order valence-corrected chi connectivity index (χ3v) is 0.391. The van der Waals surface area contributed by atoms with Crippen molar-refractivity contribution in [2.45, 2.75) is 0 Å². The van der Waals surface area contributed by atoms with Gasteiger partial charge in [0.25, 0.3) is 0 Å². The molecule has 1 N–H and O–H groups in total. The van der Waals surface area contributed by atoms with Crippen molar-refractivity contribution in [2.24, 2.45) is 0 Å². The van der Waals surface area contributed by atoms with Crippen LogP contribution in [0.15, 0.2) is 0 Å². The SMILES string of the molecule is CNCON(C)[O-]. The van der Waals surface area contributed by atoms with E-state index in [-0.39, 0.29) is 6.73 Å². The molecule has 0 spiro atoms. The van der Waals surface area contributed by atoms with Crippen molar-refractivity contribution >= 4 is 0 Å². The molecule has 0 radical (unpaired) electrons. The van der Waals surface area contributed by atoms with Gasteiger partial charge in [-0.1, -0.05) is 0 Å². The van der Waals surface area contributed by atoms with E-state index >= 15 is 0 Å². The molecule has 0 rings (SSSR count). The minimum Gasteiger partial charge on any atom is -0.762 e. The first-order valence-corrected chi connectivity index (χ1v) is 1.95. The maximum Gasteiger partial charge on any atom is 0.117 e. The Morgan fingerprint density at radius 2 is 2.43 bits per heavy atom. The second kappa shape index (κ2) is 4.01. The first-order valence-electron chi connectivity index (χ1n) is 1.95. The first-order chi connectivity index (χ1) is 3.27. The van der Waals surface area contributed by atoms with Crippen molar-refractivity contribution in [2.75, 3.05) is 20.8 Å². The Morgan fingerprint density at radius 3 is 2.57 bits per heavy atom. The van der Waals surface area contributed by atoms with E-state index in [0.717, 1.165) is 0 Å². The zero-order valence-electron chi connectivity index (χ0n) is 4.47. The second-order valence-electron chi connectivity index (χ2n) is 1.07. The van der Waals surface area contributed by atoms with Gasteiger partial charge in [0, 0.05) is 0 Å². The van der Waals surface area contributed by atoms with Gasteiger partial charge in [-0.25, -0.2) is 0 Å². The Bertz CT molecular complexity index is 39.9. The minimum absolute atomic E-state index is 0.264. The molecule has 4 nitrogen and oxygen atoms in total. The summed E-state index contributed by atoms with van der Waals surface area (Å²) in [6.07, 6.45) is 0. The van der Waals surface area contributed by atoms with Crippen molar-refractivity contribution in [1.82, 2.24) is 10.5 Å². The Hall–Kier alpha value is -0.160. The fraction of sp³-hybridized carbons (Fsp3) is 1.00. The molecule has 0 aliphatic carbocycles. The maximum atomic E-state index is 9.86. The smallest absolute Gasteiger partial charge is 0.117 e. The van der Waals surface area contributed by atoms with Crippen LogP contribution in [0.5, 0.6) is 0 Å². The van der Waals surface area contributed by atoms with E-state index in [4.69, 9.17) is 0 Å². The highest BCUT2D eigenvalue weighted by Gasteiger charge is 1.74. The highest BCUT2D eigenvalue weighted by Crippen LogP contribution is 1.72. The molecule has 7 heavy (non-hydrogen) atoms. The summed E-state index contributed by atoms with van der Waals surface area (Å²) in [5.41, 5.74) is 0. The van der Waals surface area contributed by atoms with E-state index < -0.39 is 0 Å². The van der Waals surface area contributed by atoms with E-state index in [1.165, 1.54) is 7.05 Å². The molecule has 0 aliphatic heterocycles. The average molecular weight is 105 g/mol. The predicted octanol–water partition coefficient (Wildman–Crippen LogP) is -0.476. The summed E-state index contributed by atoms with van der Waals surface area (Å²) in [6, 6.07) is 0. The quantitative estimate of drug-likeness (QED) is 0.389. The fourth-order valence-corrected chi connectivity index (χ4v) is 0.155. The third kappa shape index (κ3) is 5.84. The molecule has 0 aromatic carbocycles. The summed E-state index contributed by atoms with van der Waals surface area (Å²) < 4.78 is 0. The third-order valence-electron chi connectivity index (χ3n) is 0.391. The lowest BCUT2D eigenvalue weighted by Crippen LogP contribution is -2.19. The molecule has 0 aromatic heterocycles. The van der Waals surface area contributed by atoms with Crippen LogP contribution in [0.1, 0.15) is 0 Å². The van der Waals surface area contributed by atoms with Crippen LogP contribution in [-0.4, -0.2) is 26.1 Å². The summed E-state index contributed by atoms with van der Waals surface area (Å²) in [5.74, 6) is 0.